The monoisotopic (exact) mass is 600 g/mol. The fraction of sp³-hybridized carbons (Fsp3) is 0.389. The Morgan fingerprint density at radius 3 is 2.31 bits per heavy atom. The molecule has 1 aliphatic rings. The molecule has 1 aliphatic heterocycles. The third kappa shape index (κ3) is 9.14. The van der Waals surface area contributed by atoms with Crippen LogP contribution < -0.4 is 29.5 Å². The van der Waals surface area contributed by atoms with Crippen LogP contribution in [0.5, 0.6) is 0 Å². The number of aromatic nitrogens is 2. The zero-order chi connectivity index (χ0) is 27.4. The molecule has 14 N–H and O–H groups in total. The zero-order valence-electron chi connectivity index (χ0n) is 20.2. The fourth-order valence-corrected chi connectivity index (χ4v) is 5.17. The second-order valence-electron chi connectivity index (χ2n) is 7.46. The number of esters is 1. The zero-order valence-corrected chi connectivity index (χ0v) is 22.0. The van der Waals surface area contributed by atoms with E-state index in [0.717, 1.165) is 10.8 Å². The Hall–Kier alpha value is -2.77. The second-order valence-corrected chi connectivity index (χ2v) is 10.5. The van der Waals surface area contributed by atoms with Gasteiger partial charge in [0.1, 0.15) is 30.7 Å². The maximum Gasteiger partial charge on any atom is 0.481 e. The number of aliphatic hydroxyl groups excluding tert-OH is 2. The number of benzene rings is 1. The van der Waals surface area contributed by atoms with Crippen molar-refractivity contribution in [2.45, 2.75) is 24.5 Å². The average molecular weight is 600 g/mol. The lowest BCUT2D eigenvalue weighted by molar-refractivity contribution is -0.0542. The van der Waals surface area contributed by atoms with E-state index in [1.54, 1.807) is 12.1 Å². The molecule has 19 nitrogen and oxygen atoms in total. The lowest BCUT2D eigenvalue weighted by Gasteiger charge is -2.19. The van der Waals surface area contributed by atoms with Crippen LogP contribution >= 0.6 is 15.6 Å². The summed E-state index contributed by atoms with van der Waals surface area (Å²) >= 11 is 0. The van der Waals surface area contributed by atoms with Gasteiger partial charge < -0.3 is 53.2 Å². The fourth-order valence-electron chi connectivity index (χ4n) is 3.11. The molecule has 0 bridgehead atoms. The smallest absolute Gasteiger partial charge is 0.460 e. The number of para-hydroxylation sites is 1. The molecule has 2 unspecified atom stereocenters. The van der Waals surface area contributed by atoms with Crippen molar-refractivity contribution in [1.82, 2.24) is 21.9 Å². The van der Waals surface area contributed by atoms with Gasteiger partial charge >= 0.3 is 27.3 Å². The maximum absolute atomic E-state index is 12.1. The average Bonchev–Trinajstić information content (AvgIpc) is 3.08. The molecule has 0 radical (unpaired) electrons. The largest absolute Gasteiger partial charge is 0.481 e. The molecular formula is C18H30N6O13P2. The van der Waals surface area contributed by atoms with Gasteiger partial charge in [0.15, 0.2) is 6.23 Å². The highest BCUT2D eigenvalue weighted by Gasteiger charge is 2.46. The molecule has 0 spiro atoms. The first-order chi connectivity index (χ1) is 17.3. The number of nitrogens with zero attached hydrogens (tertiary/aromatic N) is 2. The van der Waals surface area contributed by atoms with Gasteiger partial charge in [-0.1, -0.05) is 12.1 Å². The first-order valence-electron chi connectivity index (χ1n) is 10.3. The van der Waals surface area contributed by atoms with Crippen LogP contribution in [0.15, 0.2) is 41.3 Å². The summed E-state index contributed by atoms with van der Waals surface area (Å²) in [5.41, 5.74) is 10.3. The summed E-state index contributed by atoms with van der Waals surface area (Å²) < 4.78 is 48.3. The highest BCUT2D eigenvalue weighted by atomic mass is 31.3. The first-order valence-corrected chi connectivity index (χ1v) is 13.3. The van der Waals surface area contributed by atoms with E-state index in [4.69, 9.17) is 20.9 Å². The van der Waals surface area contributed by atoms with Gasteiger partial charge in [-0.25, -0.2) is 18.7 Å². The molecule has 6 atom stereocenters. The number of rotatable bonds is 11. The molecule has 1 fully saturated rings. The standard InChI is InChI=1S/C18H24N4O13P2.2H3N/c19-11-4-2-1-3-10(11)17(25)31-7-8-32-36(27,28)35-37(29,30)33-9-12-14(23)15(24)16(34-12)22-6-5-13(20)21-18(22)26;;/h1-6,12,14-16,23-24H,7-9,19H2,(H,27,28)(H,29,30)(H2,20,21,26);2*1H3/t12-,14-,15-,16-;;/m1../s1. The second kappa shape index (κ2) is 14.0. The summed E-state index contributed by atoms with van der Waals surface area (Å²) in [5.74, 6) is -0.929. The van der Waals surface area contributed by atoms with Crippen LogP contribution in [0.4, 0.5) is 11.5 Å². The van der Waals surface area contributed by atoms with E-state index >= 15 is 0 Å². The number of carbonyl (C=O) groups excluding carboxylic acids is 1. The third-order valence-corrected chi connectivity index (χ3v) is 7.46. The van der Waals surface area contributed by atoms with Gasteiger partial charge in [0, 0.05) is 11.9 Å². The van der Waals surface area contributed by atoms with E-state index in [9.17, 15) is 38.7 Å². The van der Waals surface area contributed by atoms with E-state index < -0.39 is 71.7 Å². The van der Waals surface area contributed by atoms with Crippen LogP contribution in [0.1, 0.15) is 16.6 Å². The van der Waals surface area contributed by atoms with Gasteiger partial charge in [-0.15, -0.1) is 0 Å². The van der Waals surface area contributed by atoms with Crippen molar-refractivity contribution in [2.24, 2.45) is 0 Å². The van der Waals surface area contributed by atoms with Crippen LogP contribution in [-0.2, 0) is 32.0 Å². The number of phosphoric acid groups is 2. The SMILES string of the molecule is N.N.Nc1ccn([C@@H]2O[C@H](COP(=O)(O)OP(=O)(O)OCCOC(=O)c3ccccc3N)[C@@H](O)[C@H]2O)c(=O)n1. The Bertz CT molecular complexity index is 1280. The molecule has 2 heterocycles. The number of ether oxygens (including phenoxy) is 2. The first kappa shape index (κ1) is 34.3. The van der Waals surface area contributed by atoms with Crippen molar-refractivity contribution in [3.8, 4) is 0 Å². The number of hydrogen-bond acceptors (Lipinski definition) is 16. The molecular weight excluding hydrogens is 570 g/mol. The number of nitrogen functional groups attached to an aromatic ring is 2. The number of anilines is 2. The summed E-state index contributed by atoms with van der Waals surface area (Å²) in [7, 11) is -10.5. The molecule has 21 heteroatoms. The summed E-state index contributed by atoms with van der Waals surface area (Å²) in [5, 5.41) is 20.3. The van der Waals surface area contributed by atoms with Crippen LogP contribution in [0.2, 0.25) is 0 Å². The van der Waals surface area contributed by atoms with Crippen molar-refractivity contribution in [1.29, 1.82) is 0 Å². The predicted molar refractivity (Wildman–Crippen MR) is 133 cm³/mol. The van der Waals surface area contributed by atoms with Gasteiger partial charge in [0.25, 0.3) is 0 Å². The Kier molecular flexibility index (Phi) is 12.3. The lowest BCUT2D eigenvalue weighted by atomic mass is 10.1. The predicted octanol–water partition coefficient (Wildman–Crippen LogP) is -0.542. The normalized spacial score (nSPS) is 23.5. The molecule has 2 aromatic rings. The van der Waals surface area contributed by atoms with Crippen LogP contribution in [0.25, 0.3) is 0 Å². The van der Waals surface area contributed by atoms with Crippen molar-refractivity contribution in [2.75, 3.05) is 31.3 Å². The van der Waals surface area contributed by atoms with Gasteiger partial charge in [0.2, 0.25) is 0 Å². The Morgan fingerprint density at radius 1 is 1.03 bits per heavy atom. The quantitative estimate of drug-likeness (QED) is 0.0694. The lowest BCUT2D eigenvalue weighted by Crippen LogP contribution is -2.36. The van der Waals surface area contributed by atoms with Gasteiger partial charge in [-0.05, 0) is 18.2 Å². The third-order valence-electron chi connectivity index (χ3n) is 4.82. The molecule has 0 saturated carbocycles. The molecule has 1 saturated heterocycles. The molecule has 3 rings (SSSR count). The molecule has 1 aromatic heterocycles. The topological polar surface area (TPSA) is 335 Å². The summed E-state index contributed by atoms with van der Waals surface area (Å²) in [6.45, 7) is -2.14. The summed E-state index contributed by atoms with van der Waals surface area (Å²) in [6, 6.07) is 7.24. The van der Waals surface area contributed by atoms with E-state index in [2.05, 4.69) is 18.3 Å². The maximum atomic E-state index is 12.1. The number of carbonyl (C=O) groups is 1. The molecule has 1 aromatic carbocycles. The van der Waals surface area contributed by atoms with Crippen LogP contribution in [-0.4, -0.2) is 73.7 Å². The van der Waals surface area contributed by atoms with Crippen molar-refractivity contribution >= 4 is 33.1 Å². The van der Waals surface area contributed by atoms with Gasteiger partial charge in [-0.2, -0.15) is 9.29 Å². The van der Waals surface area contributed by atoms with E-state index in [1.165, 1.54) is 18.2 Å². The van der Waals surface area contributed by atoms with Gasteiger partial charge in [0.05, 0.1) is 18.8 Å². The van der Waals surface area contributed by atoms with Crippen molar-refractivity contribution in [3.63, 3.8) is 0 Å². The van der Waals surface area contributed by atoms with Crippen molar-refractivity contribution in [3.05, 3.63) is 52.6 Å². The number of nitrogens with two attached hydrogens (primary N) is 2. The van der Waals surface area contributed by atoms with Crippen LogP contribution in [0.3, 0.4) is 0 Å². The van der Waals surface area contributed by atoms with E-state index in [1.807, 2.05) is 0 Å². The number of aliphatic hydroxyl groups is 2. The Labute approximate surface area is 220 Å². The number of hydrogen-bond donors (Lipinski definition) is 8. The minimum absolute atomic E-state index is 0. The molecule has 220 valence electrons. The van der Waals surface area contributed by atoms with E-state index in [-0.39, 0.29) is 29.4 Å². The Morgan fingerprint density at radius 2 is 1.67 bits per heavy atom. The highest BCUT2D eigenvalue weighted by Crippen LogP contribution is 2.60. The Balaban J connectivity index is 0.00000380. The summed E-state index contributed by atoms with van der Waals surface area (Å²) in [4.78, 5) is 46.8. The van der Waals surface area contributed by atoms with Crippen LogP contribution in [0, 0.1) is 0 Å². The molecule has 0 aliphatic carbocycles. The summed E-state index contributed by atoms with van der Waals surface area (Å²) in [6.07, 6.45) is -5.11. The van der Waals surface area contributed by atoms with Crippen molar-refractivity contribution < 1.29 is 56.8 Å². The molecule has 0 amide bonds. The van der Waals surface area contributed by atoms with Gasteiger partial charge in [-0.3, -0.25) is 13.6 Å². The number of phosphoric ester groups is 2. The van der Waals surface area contributed by atoms with E-state index in [0.29, 0.717) is 0 Å². The molecule has 39 heavy (non-hydrogen) atoms. The minimum atomic E-state index is -5.28. The minimum Gasteiger partial charge on any atom is -0.460 e. The highest BCUT2D eigenvalue weighted by molar-refractivity contribution is 7.61.